The quantitative estimate of drug-likeness (QED) is 0.436. The average Bonchev–Trinajstić information content (AvgIpc) is 3.49. The maximum atomic E-state index is 12.6. The molecule has 174 valence electrons. The average molecular weight is 469 g/mol. The highest BCUT2D eigenvalue weighted by Gasteiger charge is 2.57. The van der Waals surface area contributed by atoms with Gasteiger partial charge < -0.3 is 9.64 Å². The summed E-state index contributed by atoms with van der Waals surface area (Å²) in [5.74, 6) is -0.330. The fraction of sp³-hybridized carbons (Fsp3) is 0.167. The van der Waals surface area contributed by atoms with Gasteiger partial charge in [-0.3, -0.25) is 29.8 Å². The van der Waals surface area contributed by atoms with Gasteiger partial charge in [-0.05, 0) is 43.2 Å². The van der Waals surface area contributed by atoms with E-state index in [0.29, 0.717) is 36.7 Å². The first-order chi connectivity index (χ1) is 17.0. The van der Waals surface area contributed by atoms with Crippen molar-refractivity contribution >= 4 is 34.6 Å². The van der Waals surface area contributed by atoms with Crippen LogP contribution in [0.25, 0.3) is 16.7 Å². The fourth-order valence-corrected chi connectivity index (χ4v) is 4.66. The third-order valence-corrected chi connectivity index (χ3v) is 6.28. The number of ether oxygens (including phenoxy) is 1. The van der Waals surface area contributed by atoms with E-state index in [2.05, 4.69) is 25.6 Å². The SMILES string of the molecule is O=C1NC(=O)C2(CCCN2c2ccc(Oc3ccc4c(c3)ncn4-c3cccnc3)nc2)C(=O)N1. The van der Waals surface area contributed by atoms with E-state index in [1.165, 1.54) is 0 Å². The number of fused-ring (bicyclic) bond motifs is 1. The van der Waals surface area contributed by atoms with Crippen LogP contribution in [0.2, 0.25) is 0 Å². The molecule has 0 bridgehead atoms. The van der Waals surface area contributed by atoms with Crippen molar-refractivity contribution in [3.8, 4) is 17.3 Å². The Balaban J connectivity index is 1.23. The van der Waals surface area contributed by atoms with Crippen LogP contribution in [0.15, 0.2) is 67.4 Å². The van der Waals surface area contributed by atoms with E-state index in [1.807, 2.05) is 34.9 Å². The van der Waals surface area contributed by atoms with Gasteiger partial charge in [0, 0.05) is 24.9 Å². The molecule has 5 heterocycles. The zero-order valence-corrected chi connectivity index (χ0v) is 18.3. The van der Waals surface area contributed by atoms with Crippen molar-refractivity contribution in [2.24, 2.45) is 0 Å². The summed E-state index contributed by atoms with van der Waals surface area (Å²) < 4.78 is 7.86. The lowest BCUT2D eigenvalue weighted by molar-refractivity contribution is -0.137. The van der Waals surface area contributed by atoms with Crippen LogP contribution >= 0.6 is 0 Å². The maximum Gasteiger partial charge on any atom is 0.328 e. The molecular weight excluding hydrogens is 450 g/mol. The minimum atomic E-state index is -1.46. The van der Waals surface area contributed by atoms with Gasteiger partial charge in [-0.2, -0.15) is 0 Å². The molecule has 2 fully saturated rings. The highest BCUT2D eigenvalue weighted by atomic mass is 16.5. The number of hydrogen-bond donors (Lipinski definition) is 2. The van der Waals surface area contributed by atoms with Crippen molar-refractivity contribution in [3.05, 3.63) is 67.4 Å². The summed E-state index contributed by atoms with van der Waals surface area (Å²) >= 11 is 0. The second kappa shape index (κ2) is 7.90. The number of amides is 4. The van der Waals surface area contributed by atoms with Gasteiger partial charge in [0.2, 0.25) is 5.88 Å². The van der Waals surface area contributed by atoms with Crippen molar-refractivity contribution in [1.29, 1.82) is 0 Å². The number of nitrogens with zero attached hydrogens (tertiary/aromatic N) is 5. The number of anilines is 1. The molecule has 11 heteroatoms. The van der Waals surface area contributed by atoms with Crippen molar-refractivity contribution in [2.45, 2.75) is 18.4 Å². The summed E-state index contributed by atoms with van der Waals surface area (Å²) in [7, 11) is 0. The Labute approximate surface area is 198 Å². The van der Waals surface area contributed by atoms with Gasteiger partial charge in [-0.15, -0.1) is 0 Å². The predicted molar refractivity (Wildman–Crippen MR) is 124 cm³/mol. The van der Waals surface area contributed by atoms with Crippen molar-refractivity contribution in [2.75, 3.05) is 11.4 Å². The third-order valence-electron chi connectivity index (χ3n) is 6.28. The highest BCUT2D eigenvalue weighted by Crippen LogP contribution is 2.36. The Morgan fingerprint density at radius 2 is 1.80 bits per heavy atom. The standard InChI is InChI=1S/C24H19N7O4/c32-21-24(22(33)29-23(34)28-21)8-2-10-31(24)16-4-7-20(26-13-16)35-17-5-6-19-18(11-17)27-14-30(19)15-3-1-9-25-12-15/h1,3-7,9,11-14H,2,8,10H2,(H2,28,29,32,33,34). The van der Waals surface area contributed by atoms with E-state index in [-0.39, 0.29) is 0 Å². The zero-order valence-electron chi connectivity index (χ0n) is 18.3. The second-order valence-corrected chi connectivity index (χ2v) is 8.29. The first-order valence-electron chi connectivity index (χ1n) is 11.0. The summed E-state index contributed by atoms with van der Waals surface area (Å²) in [5.41, 5.74) is 1.70. The van der Waals surface area contributed by atoms with Gasteiger partial charge >= 0.3 is 6.03 Å². The minimum Gasteiger partial charge on any atom is -0.439 e. The van der Waals surface area contributed by atoms with Crippen LogP contribution in [-0.2, 0) is 9.59 Å². The lowest BCUT2D eigenvalue weighted by Crippen LogP contribution is -2.71. The maximum absolute atomic E-state index is 12.6. The highest BCUT2D eigenvalue weighted by molar-refractivity contribution is 6.24. The number of barbiturate groups is 1. The molecule has 6 rings (SSSR count). The number of imide groups is 2. The van der Waals surface area contributed by atoms with Crippen LogP contribution in [0.4, 0.5) is 10.5 Å². The Morgan fingerprint density at radius 1 is 0.943 bits per heavy atom. The lowest BCUT2D eigenvalue weighted by atomic mass is 9.92. The van der Waals surface area contributed by atoms with E-state index in [1.54, 1.807) is 42.0 Å². The number of aromatic nitrogens is 4. The number of nitrogens with one attached hydrogen (secondary N) is 2. The fourth-order valence-electron chi connectivity index (χ4n) is 4.66. The van der Waals surface area contributed by atoms with E-state index in [0.717, 1.165) is 16.7 Å². The topological polar surface area (TPSA) is 131 Å². The van der Waals surface area contributed by atoms with Gasteiger partial charge in [0.25, 0.3) is 11.8 Å². The number of hydrogen-bond acceptors (Lipinski definition) is 8. The van der Waals surface area contributed by atoms with Gasteiger partial charge in [0.05, 0.1) is 34.8 Å². The van der Waals surface area contributed by atoms with Gasteiger partial charge in [-0.1, -0.05) is 0 Å². The van der Waals surface area contributed by atoms with Crippen molar-refractivity contribution in [3.63, 3.8) is 0 Å². The molecule has 0 unspecified atom stereocenters. The lowest BCUT2D eigenvalue weighted by Gasteiger charge is -2.38. The molecule has 2 aliphatic rings. The normalized spacial score (nSPS) is 17.0. The van der Waals surface area contributed by atoms with Crippen LogP contribution in [0.3, 0.4) is 0 Å². The molecule has 1 aromatic carbocycles. The molecule has 35 heavy (non-hydrogen) atoms. The molecule has 0 radical (unpaired) electrons. The molecule has 0 atom stereocenters. The molecule has 0 saturated carbocycles. The van der Waals surface area contributed by atoms with Gasteiger partial charge in [0.1, 0.15) is 12.1 Å². The van der Waals surface area contributed by atoms with Crippen LogP contribution in [0.5, 0.6) is 11.6 Å². The predicted octanol–water partition coefficient (Wildman–Crippen LogP) is 2.31. The van der Waals surface area contributed by atoms with Crippen LogP contribution in [-0.4, -0.2) is 49.4 Å². The van der Waals surface area contributed by atoms with Gasteiger partial charge in [-0.25, -0.2) is 14.8 Å². The second-order valence-electron chi connectivity index (χ2n) is 8.29. The summed E-state index contributed by atoms with van der Waals surface area (Å²) in [4.78, 5) is 51.5. The van der Waals surface area contributed by atoms with Crippen molar-refractivity contribution in [1.82, 2.24) is 30.2 Å². The molecule has 1 spiro atoms. The summed E-state index contributed by atoms with van der Waals surface area (Å²) in [6.07, 6.45) is 7.70. The summed E-state index contributed by atoms with van der Waals surface area (Å²) in [6, 6.07) is 12.0. The Kier molecular flexibility index (Phi) is 4.69. The van der Waals surface area contributed by atoms with E-state index < -0.39 is 23.4 Å². The van der Waals surface area contributed by atoms with Gasteiger partial charge in [0.15, 0.2) is 5.54 Å². The number of carbonyl (C=O) groups excluding carboxylic acids is 3. The first-order valence-corrected chi connectivity index (χ1v) is 11.0. The van der Waals surface area contributed by atoms with E-state index in [9.17, 15) is 14.4 Å². The Bertz CT molecular complexity index is 1450. The van der Waals surface area contributed by atoms with Crippen LogP contribution in [0, 0.1) is 0 Å². The molecule has 2 aliphatic heterocycles. The first kappa shape index (κ1) is 20.8. The number of urea groups is 1. The Hall–Kier alpha value is -4.80. The van der Waals surface area contributed by atoms with E-state index in [4.69, 9.17) is 4.74 Å². The number of imidazole rings is 1. The number of pyridine rings is 2. The zero-order chi connectivity index (χ0) is 24.0. The van der Waals surface area contributed by atoms with Crippen LogP contribution < -0.4 is 20.3 Å². The molecule has 2 N–H and O–H groups in total. The Morgan fingerprint density at radius 3 is 2.54 bits per heavy atom. The summed E-state index contributed by atoms with van der Waals surface area (Å²) in [5, 5.41) is 4.41. The number of benzene rings is 1. The summed E-state index contributed by atoms with van der Waals surface area (Å²) in [6.45, 7) is 0.479. The molecule has 11 nitrogen and oxygen atoms in total. The molecular formula is C24H19N7O4. The largest absolute Gasteiger partial charge is 0.439 e. The molecule has 3 aromatic heterocycles. The number of carbonyl (C=O) groups is 3. The molecule has 2 saturated heterocycles. The molecule has 0 aliphatic carbocycles. The molecule has 4 amide bonds. The van der Waals surface area contributed by atoms with E-state index >= 15 is 0 Å². The van der Waals surface area contributed by atoms with Crippen molar-refractivity contribution < 1.29 is 19.1 Å². The molecule has 4 aromatic rings. The smallest absolute Gasteiger partial charge is 0.328 e. The number of rotatable bonds is 4. The monoisotopic (exact) mass is 469 g/mol. The van der Waals surface area contributed by atoms with Crippen LogP contribution in [0.1, 0.15) is 12.8 Å². The minimum absolute atomic E-state index is 0.307. The third kappa shape index (κ3) is 3.36.